The van der Waals surface area contributed by atoms with Crippen molar-refractivity contribution < 1.29 is 4.79 Å². The Morgan fingerprint density at radius 2 is 1.79 bits per heavy atom. The van der Waals surface area contributed by atoms with Crippen LogP contribution >= 0.6 is 0 Å². The lowest BCUT2D eigenvalue weighted by Gasteiger charge is -2.38. The second-order valence-corrected chi connectivity index (χ2v) is 4.31. The Balaban J connectivity index is 2.30. The van der Waals surface area contributed by atoms with Gasteiger partial charge in [0.2, 0.25) is 5.91 Å². The number of hydrazine groups is 1. The molecule has 0 fully saturated rings. The fraction of sp³-hybridized carbons (Fsp3) is 0.727. The standard InChI is InChI=1S/C11H18N2O/c1-12(2)13-10-6-4-3-5-9(10)7-8-11(13)14/h3-8H2,1-2H3. The first kappa shape index (κ1) is 9.71. The van der Waals surface area contributed by atoms with E-state index in [-0.39, 0.29) is 5.91 Å². The fourth-order valence-corrected chi connectivity index (χ4v) is 2.46. The first-order valence-electron chi connectivity index (χ1n) is 5.41. The minimum Gasteiger partial charge on any atom is -0.273 e. The van der Waals surface area contributed by atoms with Crippen molar-refractivity contribution in [2.75, 3.05) is 14.1 Å². The van der Waals surface area contributed by atoms with Gasteiger partial charge in [-0.15, -0.1) is 0 Å². The van der Waals surface area contributed by atoms with Crippen molar-refractivity contribution in [2.24, 2.45) is 0 Å². The average molecular weight is 194 g/mol. The van der Waals surface area contributed by atoms with Gasteiger partial charge in [-0.1, -0.05) is 0 Å². The Labute approximate surface area is 85.3 Å². The van der Waals surface area contributed by atoms with Gasteiger partial charge in [0, 0.05) is 26.2 Å². The van der Waals surface area contributed by atoms with Gasteiger partial charge in [-0.2, -0.15) is 0 Å². The number of amides is 1. The summed E-state index contributed by atoms with van der Waals surface area (Å²) in [6.07, 6.45) is 6.51. The smallest absolute Gasteiger partial charge is 0.241 e. The molecule has 1 amide bonds. The molecule has 0 saturated carbocycles. The molecule has 0 bridgehead atoms. The van der Waals surface area contributed by atoms with E-state index in [2.05, 4.69) is 0 Å². The first-order valence-corrected chi connectivity index (χ1v) is 5.41. The third-order valence-corrected chi connectivity index (χ3v) is 3.08. The predicted octanol–water partition coefficient (Wildman–Crippen LogP) is 1.91. The highest BCUT2D eigenvalue weighted by Crippen LogP contribution is 2.34. The van der Waals surface area contributed by atoms with Crippen LogP contribution in [-0.2, 0) is 4.79 Å². The van der Waals surface area contributed by atoms with Crippen LogP contribution in [0.5, 0.6) is 0 Å². The van der Waals surface area contributed by atoms with Gasteiger partial charge in [0.1, 0.15) is 0 Å². The molecule has 0 unspecified atom stereocenters. The maximum Gasteiger partial charge on any atom is 0.241 e. The average Bonchev–Trinajstić information content (AvgIpc) is 2.17. The maximum absolute atomic E-state index is 11.7. The minimum atomic E-state index is 0.260. The number of hydrogen-bond donors (Lipinski definition) is 0. The topological polar surface area (TPSA) is 23.6 Å². The van der Waals surface area contributed by atoms with E-state index in [1.807, 2.05) is 24.1 Å². The third kappa shape index (κ3) is 1.57. The van der Waals surface area contributed by atoms with Crippen molar-refractivity contribution in [3.05, 3.63) is 11.3 Å². The Morgan fingerprint density at radius 3 is 2.50 bits per heavy atom. The molecule has 0 aromatic heterocycles. The number of nitrogens with zero attached hydrogens (tertiary/aromatic N) is 2. The monoisotopic (exact) mass is 194 g/mol. The van der Waals surface area contributed by atoms with E-state index in [9.17, 15) is 4.79 Å². The van der Waals surface area contributed by atoms with E-state index in [0.29, 0.717) is 6.42 Å². The highest BCUT2D eigenvalue weighted by molar-refractivity contribution is 5.79. The zero-order valence-corrected chi connectivity index (χ0v) is 9.05. The van der Waals surface area contributed by atoms with Crippen LogP contribution in [0.15, 0.2) is 11.3 Å². The number of hydrogen-bond acceptors (Lipinski definition) is 2. The number of carbonyl (C=O) groups excluding carboxylic acids is 1. The molecular weight excluding hydrogens is 176 g/mol. The van der Waals surface area contributed by atoms with E-state index < -0.39 is 0 Å². The SMILES string of the molecule is CN(C)N1C(=O)CCC2=C1CCCC2. The van der Waals surface area contributed by atoms with Gasteiger partial charge in [-0.05, 0) is 37.7 Å². The summed E-state index contributed by atoms with van der Waals surface area (Å²) in [4.78, 5) is 11.7. The predicted molar refractivity (Wildman–Crippen MR) is 55.3 cm³/mol. The van der Waals surface area contributed by atoms with E-state index in [1.165, 1.54) is 30.5 Å². The minimum absolute atomic E-state index is 0.260. The van der Waals surface area contributed by atoms with E-state index in [4.69, 9.17) is 0 Å². The molecule has 3 nitrogen and oxygen atoms in total. The zero-order chi connectivity index (χ0) is 10.1. The van der Waals surface area contributed by atoms with Crippen molar-refractivity contribution in [3.8, 4) is 0 Å². The molecule has 0 atom stereocenters. The van der Waals surface area contributed by atoms with Crippen LogP contribution in [-0.4, -0.2) is 30.0 Å². The summed E-state index contributed by atoms with van der Waals surface area (Å²) in [5, 5.41) is 3.79. The zero-order valence-electron chi connectivity index (χ0n) is 9.05. The highest BCUT2D eigenvalue weighted by atomic mass is 16.2. The molecule has 0 aromatic carbocycles. The molecule has 0 spiro atoms. The van der Waals surface area contributed by atoms with Crippen LogP contribution in [0.2, 0.25) is 0 Å². The van der Waals surface area contributed by atoms with E-state index in [0.717, 1.165) is 12.8 Å². The lowest BCUT2D eigenvalue weighted by atomic mass is 9.90. The fourth-order valence-electron chi connectivity index (χ4n) is 2.46. The van der Waals surface area contributed by atoms with Gasteiger partial charge in [0.15, 0.2) is 0 Å². The van der Waals surface area contributed by atoms with Crippen LogP contribution in [0.3, 0.4) is 0 Å². The maximum atomic E-state index is 11.7. The summed E-state index contributed by atoms with van der Waals surface area (Å²) in [5.74, 6) is 0.260. The quantitative estimate of drug-likeness (QED) is 0.636. The summed E-state index contributed by atoms with van der Waals surface area (Å²) < 4.78 is 0. The molecular formula is C11H18N2O. The molecule has 14 heavy (non-hydrogen) atoms. The van der Waals surface area contributed by atoms with Crippen molar-refractivity contribution in [1.29, 1.82) is 0 Å². The number of carbonyl (C=O) groups is 1. The number of rotatable bonds is 1. The molecule has 78 valence electrons. The van der Waals surface area contributed by atoms with Crippen molar-refractivity contribution in [1.82, 2.24) is 10.0 Å². The van der Waals surface area contributed by atoms with Gasteiger partial charge >= 0.3 is 0 Å². The van der Waals surface area contributed by atoms with E-state index in [1.54, 1.807) is 0 Å². The van der Waals surface area contributed by atoms with Crippen LogP contribution in [0.25, 0.3) is 0 Å². The molecule has 1 heterocycles. The Morgan fingerprint density at radius 1 is 1.07 bits per heavy atom. The summed E-state index contributed by atoms with van der Waals surface area (Å²) in [7, 11) is 3.89. The first-order chi connectivity index (χ1) is 6.70. The Hall–Kier alpha value is -0.830. The highest BCUT2D eigenvalue weighted by Gasteiger charge is 2.29. The van der Waals surface area contributed by atoms with Gasteiger partial charge in [-0.25, -0.2) is 10.0 Å². The van der Waals surface area contributed by atoms with Crippen LogP contribution < -0.4 is 0 Å². The van der Waals surface area contributed by atoms with Crippen molar-refractivity contribution in [3.63, 3.8) is 0 Å². The summed E-state index contributed by atoms with van der Waals surface area (Å²) in [6.45, 7) is 0. The molecule has 2 aliphatic rings. The van der Waals surface area contributed by atoms with Crippen LogP contribution in [0, 0.1) is 0 Å². The second-order valence-electron chi connectivity index (χ2n) is 4.31. The normalized spacial score (nSPS) is 23.1. The lowest BCUT2D eigenvalue weighted by molar-refractivity contribution is -0.142. The van der Waals surface area contributed by atoms with Crippen molar-refractivity contribution >= 4 is 5.91 Å². The number of allylic oxidation sites excluding steroid dienone is 2. The van der Waals surface area contributed by atoms with Crippen LogP contribution in [0.1, 0.15) is 38.5 Å². The Bertz CT molecular complexity index is 281. The van der Waals surface area contributed by atoms with Crippen molar-refractivity contribution in [2.45, 2.75) is 38.5 Å². The molecule has 3 heteroatoms. The molecule has 2 rings (SSSR count). The summed E-state index contributed by atoms with van der Waals surface area (Å²) in [6, 6.07) is 0. The molecule has 0 saturated heterocycles. The third-order valence-electron chi connectivity index (χ3n) is 3.08. The molecule has 0 aromatic rings. The molecule has 1 aliphatic heterocycles. The molecule has 0 N–H and O–H groups in total. The van der Waals surface area contributed by atoms with Gasteiger partial charge in [0.25, 0.3) is 0 Å². The molecule has 1 aliphatic carbocycles. The second kappa shape index (κ2) is 3.73. The summed E-state index contributed by atoms with van der Waals surface area (Å²) >= 11 is 0. The van der Waals surface area contributed by atoms with E-state index >= 15 is 0 Å². The summed E-state index contributed by atoms with van der Waals surface area (Å²) in [5.41, 5.74) is 2.81. The largest absolute Gasteiger partial charge is 0.273 e. The van der Waals surface area contributed by atoms with Gasteiger partial charge < -0.3 is 0 Å². The van der Waals surface area contributed by atoms with Gasteiger partial charge in [-0.3, -0.25) is 4.79 Å². The van der Waals surface area contributed by atoms with Crippen LogP contribution in [0.4, 0.5) is 0 Å². The Kier molecular flexibility index (Phi) is 2.59. The molecule has 0 radical (unpaired) electrons. The van der Waals surface area contributed by atoms with Gasteiger partial charge in [0.05, 0.1) is 0 Å². The lowest BCUT2D eigenvalue weighted by Crippen LogP contribution is -2.44.